The highest BCUT2D eigenvalue weighted by atomic mass is 16.5. The Kier molecular flexibility index (Phi) is 5.19. The van der Waals surface area contributed by atoms with Crippen LogP contribution in [0.2, 0.25) is 0 Å². The van der Waals surface area contributed by atoms with E-state index in [2.05, 4.69) is 16.0 Å². The van der Waals surface area contributed by atoms with Gasteiger partial charge < -0.3 is 25.4 Å². The van der Waals surface area contributed by atoms with Crippen LogP contribution in [0.15, 0.2) is 42.5 Å². The third-order valence-electron chi connectivity index (χ3n) is 7.42. The summed E-state index contributed by atoms with van der Waals surface area (Å²) in [5.74, 6) is 1.89. The van der Waals surface area contributed by atoms with Gasteiger partial charge in [-0.3, -0.25) is 9.59 Å². The molecule has 1 aliphatic heterocycles. The van der Waals surface area contributed by atoms with Crippen molar-refractivity contribution >= 4 is 17.5 Å². The maximum atomic E-state index is 13.2. The number of hydrogen-bond donors (Lipinski definition) is 3. The molecule has 168 valence electrons. The molecule has 3 saturated carbocycles. The number of para-hydroxylation sites is 1. The molecule has 1 heterocycles. The second-order valence-corrected chi connectivity index (χ2v) is 9.07. The molecule has 1 spiro atoms. The summed E-state index contributed by atoms with van der Waals surface area (Å²) < 4.78 is 10.7. The second-order valence-electron chi connectivity index (χ2n) is 9.07. The van der Waals surface area contributed by atoms with E-state index >= 15 is 0 Å². The highest BCUT2D eigenvalue weighted by Gasteiger charge is 2.55. The molecule has 3 aliphatic carbocycles. The van der Waals surface area contributed by atoms with Crippen molar-refractivity contribution < 1.29 is 19.1 Å². The number of nitrogens with one attached hydrogen (secondary N) is 3. The number of carbonyl (C=O) groups is 2. The molecular formula is C25H29N3O4. The summed E-state index contributed by atoms with van der Waals surface area (Å²) in [5, 5.41) is 9.99. The Morgan fingerprint density at radius 3 is 2.72 bits per heavy atom. The second kappa shape index (κ2) is 8.04. The molecule has 2 aromatic carbocycles. The van der Waals surface area contributed by atoms with Crippen LogP contribution in [0, 0.1) is 17.8 Å². The van der Waals surface area contributed by atoms with Crippen LogP contribution in [0.5, 0.6) is 11.5 Å². The summed E-state index contributed by atoms with van der Waals surface area (Å²) in [6.45, 7) is 0.389. The van der Waals surface area contributed by atoms with E-state index in [1.54, 1.807) is 14.2 Å². The normalized spacial score (nSPS) is 27.8. The first-order chi connectivity index (χ1) is 15.5. The molecule has 3 fully saturated rings. The first-order valence-corrected chi connectivity index (χ1v) is 11.2. The van der Waals surface area contributed by atoms with E-state index in [4.69, 9.17) is 9.47 Å². The van der Waals surface area contributed by atoms with E-state index in [1.807, 2.05) is 42.5 Å². The number of rotatable bonds is 5. The minimum absolute atomic E-state index is 0.0296. The van der Waals surface area contributed by atoms with Crippen molar-refractivity contribution in [2.24, 2.45) is 17.8 Å². The Bertz CT molecular complexity index is 1060. The molecule has 0 radical (unpaired) electrons. The van der Waals surface area contributed by atoms with Crippen LogP contribution < -0.4 is 25.4 Å². The number of methoxy groups -OCH3 is 2. The van der Waals surface area contributed by atoms with Gasteiger partial charge in [-0.25, -0.2) is 0 Å². The molecule has 0 unspecified atom stereocenters. The molecule has 2 aromatic rings. The van der Waals surface area contributed by atoms with E-state index in [0.717, 1.165) is 48.4 Å². The summed E-state index contributed by atoms with van der Waals surface area (Å²) in [5.41, 5.74) is 1.99. The van der Waals surface area contributed by atoms with Crippen LogP contribution >= 0.6 is 0 Å². The largest absolute Gasteiger partial charge is 0.497 e. The van der Waals surface area contributed by atoms with E-state index in [9.17, 15) is 9.59 Å². The van der Waals surface area contributed by atoms with Crippen molar-refractivity contribution in [3.8, 4) is 11.5 Å². The fourth-order valence-electron chi connectivity index (χ4n) is 5.80. The fraction of sp³-hybridized carbons (Fsp3) is 0.440. The summed E-state index contributed by atoms with van der Waals surface area (Å²) in [4.78, 5) is 25.9. The standard InChI is InChI=1S/C25H29N3O4/c1-31-18-9-10-22(32-2)16(11-18)14-26-23(29)20-12-17-8-7-15(20)13-25(17)27-21-6-4-3-5-19(21)24(30)28-25/h3-6,9-11,15,17,20,27H,7-8,12-14H2,1-2H3,(H,26,29)(H,28,30)/t15-,17+,20+,25+/m0/s1. The molecule has 6 rings (SSSR count). The maximum Gasteiger partial charge on any atom is 0.255 e. The van der Waals surface area contributed by atoms with Crippen LogP contribution in [-0.4, -0.2) is 31.7 Å². The zero-order chi connectivity index (χ0) is 22.3. The Hall–Kier alpha value is -3.22. The van der Waals surface area contributed by atoms with E-state index in [0.29, 0.717) is 12.1 Å². The van der Waals surface area contributed by atoms with Crippen molar-refractivity contribution in [3.05, 3.63) is 53.6 Å². The van der Waals surface area contributed by atoms with E-state index in [-0.39, 0.29) is 29.6 Å². The smallest absolute Gasteiger partial charge is 0.255 e. The summed E-state index contributed by atoms with van der Waals surface area (Å²) >= 11 is 0. The molecule has 0 saturated heterocycles. The van der Waals surface area contributed by atoms with Crippen LogP contribution in [0.1, 0.15) is 41.6 Å². The summed E-state index contributed by atoms with van der Waals surface area (Å²) in [7, 11) is 3.24. The third-order valence-corrected chi connectivity index (χ3v) is 7.42. The van der Waals surface area contributed by atoms with Crippen molar-refractivity contribution in [3.63, 3.8) is 0 Å². The van der Waals surface area contributed by atoms with Crippen LogP contribution in [0.4, 0.5) is 5.69 Å². The Balaban J connectivity index is 1.29. The zero-order valence-corrected chi connectivity index (χ0v) is 18.4. The first-order valence-electron chi connectivity index (χ1n) is 11.2. The number of benzene rings is 2. The molecule has 7 nitrogen and oxygen atoms in total. The van der Waals surface area contributed by atoms with Gasteiger partial charge in [-0.05, 0) is 61.9 Å². The van der Waals surface area contributed by atoms with Gasteiger partial charge in [0.05, 0.1) is 19.8 Å². The lowest BCUT2D eigenvalue weighted by atomic mass is 9.58. The van der Waals surface area contributed by atoms with Crippen LogP contribution in [0.25, 0.3) is 0 Å². The van der Waals surface area contributed by atoms with Gasteiger partial charge in [0, 0.05) is 29.6 Å². The molecular weight excluding hydrogens is 406 g/mol. The topological polar surface area (TPSA) is 88.7 Å². The van der Waals surface area contributed by atoms with Gasteiger partial charge in [-0.1, -0.05) is 12.1 Å². The molecule has 7 heteroatoms. The Morgan fingerprint density at radius 1 is 1.12 bits per heavy atom. The lowest BCUT2D eigenvalue weighted by Crippen LogP contribution is -2.68. The van der Waals surface area contributed by atoms with Gasteiger partial charge in [0.25, 0.3) is 5.91 Å². The predicted octanol–water partition coefficient (Wildman–Crippen LogP) is 3.31. The number of amides is 2. The average molecular weight is 436 g/mol. The van der Waals surface area contributed by atoms with Gasteiger partial charge in [0.15, 0.2) is 0 Å². The van der Waals surface area contributed by atoms with Gasteiger partial charge in [-0.15, -0.1) is 0 Å². The highest BCUT2D eigenvalue weighted by Crippen LogP contribution is 2.51. The van der Waals surface area contributed by atoms with Crippen LogP contribution in [-0.2, 0) is 11.3 Å². The summed E-state index contributed by atoms with van der Waals surface area (Å²) in [6, 6.07) is 13.2. The molecule has 4 atom stereocenters. The highest BCUT2D eigenvalue weighted by molar-refractivity contribution is 6.02. The minimum atomic E-state index is -0.457. The quantitative estimate of drug-likeness (QED) is 0.671. The van der Waals surface area contributed by atoms with Gasteiger partial charge in [0.1, 0.15) is 17.2 Å². The monoisotopic (exact) mass is 435 g/mol. The van der Waals surface area contributed by atoms with Crippen molar-refractivity contribution in [1.82, 2.24) is 10.6 Å². The molecule has 0 aromatic heterocycles. The first kappa shape index (κ1) is 20.7. The Labute approximate surface area is 187 Å². The van der Waals surface area contributed by atoms with Gasteiger partial charge >= 0.3 is 0 Å². The number of carbonyl (C=O) groups excluding carboxylic acids is 2. The number of ether oxygens (including phenoxy) is 2. The molecule has 3 N–H and O–H groups in total. The zero-order valence-electron chi connectivity index (χ0n) is 18.4. The minimum Gasteiger partial charge on any atom is -0.497 e. The fourth-order valence-corrected chi connectivity index (χ4v) is 5.80. The molecule has 32 heavy (non-hydrogen) atoms. The lowest BCUT2D eigenvalue weighted by Gasteiger charge is -2.56. The number of hydrogen-bond acceptors (Lipinski definition) is 5. The van der Waals surface area contributed by atoms with E-state index < -0.39 is 5.66 Å². The van der Waals surface area contributed by atoms with Gasteiger partial charge in [0.2, 0.25) is 5.91 Å². The maximum absolute atomic E-state index is 13.2. The summed E-state index contributed by atoms with van der Waals surface area (Å²) in [6.07, 6.45) is 3.54. The lowest BCUT2D eigenvalue weighted by molar-refractivity contribution is -0.132. The molecule has 2 bridgehead atoms. The van der Waals surface area contributed by atoms with E-state index in [1.165, 1.54) is 0 Å². The molecule has 2 amide bonds. The SMILES string of the molecule is COc1ccc(OC)c(CNC(=O)[C@@H]2C[C@H]3CC[C@H]2C[C@@]32NC(=O)c3ccccc3N2)c1. The Morgan fingerprint density at radius 2 is 1.97 bits per heavy atom. The van der Waals surface area contributed by atoms with Gasteiger partial charge in [-0.2, -0.15) is 0 Å². The van der Waals surface area contributed by atoms with Crippen molar-refractivity contribution in [2.45, 2.75) is 37.9 Å². The van der Waals surface area contributed by atoms with Crippen molar-refractivity contribution in [2.75, 3.05) is 19.5 Å². The number of fused-ring (bicyclic) bond motifs is 3. The average Bonchev–Trinajstić information content (AvgIpc) is 2.82. The van der Waals surface area contributed by atoms with Crippen LogP contribution in [0.3, 0.4) is 0 Å². The van der Waals surface area contributed by atoms with Crippen molar-refractivity contribution in [1.29, 1.82) is 0 Å². The predicted molar refractivity (Wildman–Crippen MR) is 121 cm³/mol. The molecule has 4 aliphatic rings. The third kappa shape index (κ3) is 3.45. The number of anilines is 1.